The average Bonchev–Trinajstić information content (AvgIpc) is 3.13. The van der Waals surface area contributed by atoms with E-state index < -0.39 is 16.1 Å². The fraction of sp³-hybridized carbons (Fsp3) is 0.600. The van der Waals surface area contributed by atoms with Crippen LogP contribution in [0, 0.1) is 0 Å². The molecule has 282 valence electrons. The third kappa shape index (κ3) is 17.6. The topological polar surface area (TPSA) is 49.7 Å². The molecule has 0 spiro atoms. The first kappa shape index (κ1) is 46.6. The molecule has 0 bridgehead atoms. The van der Waals surface area contributed by atoms with Crippen LogP contribution >= 0.6 is 16.1 Å². The zero-order valence-corrected chi connectivity index (χ0v) is 34.0. The summed E-state index contributed by atoms with van der Waals surface area (Å²) in [6.45, 7) is 6.82. The van der Waals surface area contributed by atoms with Crippen molar-refractivity contribution in [2.45, 2.75) is 175 Å². The fourth-order valence-electron chi connectivity index (χ4n) is 7.36. The maximum atomic E-state index is 10.5. The first-order valence-corrected chi connectivity index (χ1v) is 23.8. The Morgan fingerprint density at radius 2 is 0.627 bits per heavy atom. The molecule has 0 saturated heterocycles. The standard InChI is InChI=1S/C45H72O3P2.Na.H/c1-4-7-10-13-16-19-22-25-40-28-34-43(35-29-40)50(48-49(46)47,44-36-30-41(31-37-44)26-23-20-17-14-11-8-5-2)45-38-32-42(33-39-45)27-24-21-18-15-12-9-6-3;;/h28-39,46-47,50H,4-27H2,1-3H3;;. The normalized spacial score (nSPS) is 12.0. The first-order valence-electron chi connectivity index (χ1n) is 20.7. The molecule has 0 amide bonds. The van der Waals surface area contributed by atoms with Crippen LogP contribution in [-0.4, -0.2) is 39.3 Å². The fourth-order valence-corrected chi connectivity index (χ4v) is 12.5. The van der Waals surface area contributed by atoms with Gasteiger partial charge in [-0.1, -0.05) is 20.8 Å². The van der Waals surface area contributed by atoms with Crippen LogP contribution in [0.2, 0.25) is 0 Å². The molecule has 0 aliphatic carbocycles. The van der Waals surface area contributed by atoms with Gasteiger partial charge in [0, 0.05) is 0 Å². The predicted molar refractivity (Wildman–Crippen MR) is 231 cm³/mol. The molecule has 0 aliphatic rings. The van der Waals surface area contributed by atoms with Crippen molar-refractivity contribution in [2.75, 3.05) is 0 Å². The molecule has 51 heavy (non-hydrogen) atoms. The minimum atomic E-state index is -3.20. The van der Waals surface area contributed by atoms with E-state index in [1.807, 2.05) is 0 Å². The number of aryl methyl sites for hydroxylation is 3. The van der Waals surface area contributed by atoms with Gasteiger partial charge in [0.2, 0.25) is 0 Å². The molecule has 3 aromatic carbocycles. The van der Waals surface area contributed by atoms with Crippen LogP contribution in [0.25, 0.3) is 0 Å². The summed E-state index contributed by atoms with van der Waals surface area (Å²) < 4.78 is 6.47. The molecule has 2 N–H and O–H groups in total. The molecule has 0 heterocycles. The van der Waals surface area contributed by atoms with Crippen LogP contribution in [0.5, 0.6) is 0 Å². The van der Waals surface area contributed by atoms with Gasteiger partial charge in [0.05, 0.1) is 0 Å². The van der Waals surface area contributed by atoms with Gasteiger partial charge in [-0.05, 0) is 0 Å². The Labute approximate surface area is 337 Å². The molecule has 6 heteroatoms. The SMILES string of the molecule is CCCCCCCCCc1ccc([PH](OP(O)O)(c2ccc(CCCCCCCCC)cc2)c2ccc(CCCCCCCCC)cc2)cc1.[NaH]. The van der Waals surface area contributed by atoms with Gasteiger partial charge in [-0.3, -0.25) is 0 Å². The number of hydrogen-bond donors (Lipinski definition) is 2. The number of rotatable bonds is 29. The van der Waals surface area contributed by atoms with Gasteiger partial charge in [-0.15, -0.1) is 0 Å². The van der Waals surface area contributed by atoms with E-state index >= 15 is 0 Å². The van der Waals surface area contributed by atoms with Gasteiger partial charge in [0.25, 0.3) is 0 Å². The van der Waals surface area contributed by atoms with E-state index in [1.165, 1.54) is 152 Å². The van der Waals surface area contributed by atoms with Crippen molar-refractivity contribution in [1.82, 2.24) is 0 Å². The quantitative estimate of drug-likeness (QED) is 0.0422. The summed E-state index contributed by atoms with van der Waals surface area (Å²) in [5.41, 5.74) is 4.03. The zero-order valence-electron chi connectivity index (χ0n) is 32.1. The Morgan fingerprint density at radius 3 is 0.863 bits per heavy atom. The van der Waals surface area contributed by atoms with Gasteiger partial charge in [0.15, 0.2) is 0 Å². The van der Waals surface area contributed by atoms with E-state index in [0.29, 0.717) is 0 Å². The maximum absolute atomic E-state index is 10.5. The second kappa shape index (κ2) is 28.8. The number of benzene rings is 3. The molecule has 0 radical (unpaired) electrons. The number of hydrogen-bond acceptors (Lipinski definition) is 3. The molecular formula is C45H73NaO3P2. The molecule has 0 atom stereocenters. The molecule has 0 unspecified atom stereocenters. The van der Waals surface area contributed by atoms with E-state index in [-0.39, 0.29) is 29.6 Å². The Morgan fingerprint density at radius 1 is 0.392 bits per heavy atom. The molecule has 3 rings (SSSR count). The molecule has 0 fully saturated rings. The van der Waals surface area contributed by atoms with Crippen LogP contribution in [0.15, 0.2) is 72.8 Å². The van der Waals surface area contributed by atoms with Crippen LogP contribution in [0.4, 0.5) is 0 Å². The molecule has 0 aromatic heterocycles. The monoisotopic (exact) mass is 746 g/mol. The van der Waals surface area contributed by atoms with Gasteiger partial charge in [0.1, 0.15) is 0 Å². The van der Waals surface area contributed by atoms with Gasteiger partial charge in [-0.2, -0.15) is 0 Å². The van der Waals surface area contributed by atoms with E-state index in [2.05, 4.69) is 93.6 Å². The zero-order chi connectivity index (χ0) is 35.7. The molecule has 0 aliphatic heterocycles. The third-order valence-electron chi connectivity index (χ3n) is 10.5. The Hall–Kier alpha value is -0.600. The van der Waals surface area contributed by atoms with E-state index in [9.17, 15) is 9.79 Å². The van der Waals surface area contributed by atoms with Crippen molar-refractivity contribution in [2.24, 2.45) is 0 Å². The Kier molecular flexibility index (Phi) is 26.3. The van der Waals surface area contributed by atoms with Crippen LogP contribution in [-0.2, 0) is 23.6 Å². The minimum absolute atomic E-state index is 0. The van der Waals surface area contributed by atoms with Crippen LogP contribution < -0.4 is 15.9 Å². The number of unbranched alkanes of at least 4 members (excludes halogenated alkanes) is 18. The molecule has 3 aromatic rings. The van der Waals surface area contributed by atoms with Crippen LogP contribution in [0.3, 0.4) is 0 Å². The summed E-state index contributed by atoms with van der Waals surface area (Å²) in [4.78, 5) is 21.1. The van der Waals surface area contributed by atoms with Crippen molar-refractivity contribution >= 4 is 61.6 Å². The van der Waals surface area contributed by atoms with Gasteiger partial charge < -0.3 is 0 Å². The summed E-state index contributed by atoms with van der Waals surface area (Å²) in [6.07, 6.45) is 30.7. The van der Waals surface area contributed by atoms with Gasteiger partial charge >= 0.3 is 319 Å². The second-order valence-corrected chi connectivity index (χ2v) is 19.1. The molecule has 3 nitrogen and oxygen atoms in total. The summed E-state index contributed by atoms with van der Waals surface area (Å²) in [6, 6.07) is 26.7. The summed E-state index contributed by atoms with van der Waals surface area (Å²) in [5, 5.41) is 3.20. The molecular weight excluding hydrogens is 673 g/mol. The predicted octanol–water partition coefficient (Wildman–Crippen LogP) is 12.1. The van der Waals surface area contributed by atoms with E-state index in [0.717, 1.165) is 35.2 Å². The van der Waals surface area contributed by atoms with Crippen molar-refractivity contribution in [3.8, 4) is 0 Å². The summed E-state index contributed by atoms with van der Waals surface area (Å²) in [7, 11) is -5.77. The summed E-state index contributed by atoms with van der Waals surface area (Å²) >= 11 is 0. The molecule has 0 saturated carbocycles. The van der Waals surface area contributed by atoms with E-state index in [1.54, 1.807) is 0 Å². The average molecular weight is 747 g/mol. The summed E-state index contributed by atoms with van der Waals surface area (Å²) in [5.74, 6) is 0. The Balaban J connectivity index is 0.00000901. The first-order chi connectivity index (χ1) is 24.5. The van der Waals surface area contributed by atoms with Crippen LogP contribution in [0.1, 0.15) is 172 Å². The van der Waals surface area contributed by atoms with Crippen molar-refractivity contribution in [1.29, 1.82) is 0 Å². The van der Waals surface area contributed by atoms with Crippen molar-refractivity contribution < 1.29 is 14.1 Å². The third-order valence-corrected chi connectivity index (χ3v) is 15.7. The Bertz CT molecular complexity index is 1100. The van der Waals surface area contributed by atoms with Crippen molar-refractivity contribution in [3.05, 3.63) is 89.5 Å². The van der Waals surface area contributed by atoms with E-state index in [4.69, 9.17) is 4.31 Å². The van der Waals surface area contributed by atoms with Gasteiger partial charge in [-0.25, -0.2) is 0 Å². The second-order valence-electron chi connectivity index (χ2n) is 14.7. The van der Waals surface area contributed by atoms with Crippen molar-refractivity contribution in [3.63, 3.8) is 0 Å².